The van der Waals surface area contributed by atoms with Gasteiger partial charge in [-0.3, -0.25) is 0 Å². The van der Waals surface area contributed by atoms with E-state index >= 15 is 0 Å². The summed E-state index contributed by atoms with van der Waals surface area (Å²) >= 11 is 0. The van der Waals surface area contributed by atoms with E-state index in [4.69, 9.17) is 4.74 Å². The fourth-order valence-electron chi connectivity index (χ4n) is 1.50. The second kappa shape index (κ2) is 5.76. The van der Waals surface area contributed by atoms with Gasteiger partial charge in [0.15, 0.2) is 0 Å². The monoisotopic (exact) mass is 208 g/mol. The van der Waals surface area contributed by atoms with E-state index in [9.17, 15) is 5.11 Å². The summed E-state index contributed by atoms with van der Waals surface area (Å²) in [5, 5.41) is 9.44. The van der Waals surface area contributed by atoms with E-state index in [1.54, 1.807) is 6.92 Å². The molecule has 0 aromatic heterocycles. The molecule has 1 aromatic carbocycles. The molecular weight excluding hydrogens is 188 g/mol. The number of hydrogen-bond donors (Lipinski definition) is 1. The van der Waals surface area contributed by atoms with Crippen molar-refractivity contribution in [3.8, 4) is 5.75 Å². The Balaban J connectivity index is 2.72. The summed E-state index contributed by atoms with van der Waals surface area (Å²) in [4.78, 5) is 0. The third-order valence-corrected chi connectivity index (χ3v) is 2.55. The molecule has 0 amide bonds. The first-order valence-corrected chi connectivity index (χ1v) is 5.62. The molecule has 0 bridgehead atoms. The van der Waals surface area contributed by atoms with E-state index in [-0.39, 0.29) is 6.10 Å². The fraction of sp³-hybridized carbons (Fsp3) is 0.538. The SMILES string of the molecule is CCC(CC)Oc1cccc([C@@H](C)O)c1. The van der Waals surface area contributed by atoms with Gasteiger partial charge >= 0.3 is 0 Å². The lowest BCUT2D eigenvalue weighted by molar-refractivity contribution is 0.186. The average Bonchev–Trinajstić information content (AvgIpc) is 2.26. The molecule has 0 fully saturated rings. The van der Waals surface area contributed by atoms with E-state index in [0.29, 0.717) is 0 Å². The van der Waals surface area contributed by atoms with Crippen LogP contribution in [0.4, 0.5) is 0 Å². The Morgan fingerprint density at radius 3 is 2.47 bits per heavy atom. The molecule has 0 aliphatic rings. The maximum Gasteiger partial charge on any atom is 0.120 e. The Bertz CT molecular complexity index is 290. The summed E-state index contributed by atoms with van der Waals surface area (Å²) in [6.07, 6.45) is 1.86. The second-order valence-electron chi connectivity index (χ2n) is 3.80. The molecule has 84 valence electrons. The lowest BCUT2D eigenvalue weighted by Crippen LogP contribution is -2.13. The number of aliphatic hydroxyl groups is 1. The molecule has 15 heavy (non-hydrogen) atoms. The highest BCUT2D eigenvalue weighted by molar-refractivity contribution is 5.29. The van der Waals surface area contributed by atoms with Crippen LogP contribution in [0.1, 0.15) is 45.3 Å². The molecule has 1 rings (SSSR count). The van der Waals surface area contributed by atoms with Crippen LogP contribution in [0.2, 0.25) is 0 Å². The van der Waals surface area contributed by atoms with Crippen molar-refractivity contribution in [3.05, 3.63) is 29.8 Å². The second-order valence-corrected chi connectivity index (χ2v) is 3.80. The van der Waals surface area contributed by atoms with E-state index < -0.39 is 6.10 Å². The lowest BCUT2D eigenvalue weighted by Gasteiger charge is -2.16. The lowest BCUT2D eigenvalue weighted by atomic mass is 10.1. The summed E-state index contributed by atoms with van der Waals surface area (Å²) in [5.74, 6) is 0.849. The highest BCUT2D eigenvalue weighted by Crippen LogP contribution is 2.20. The molecule has 1 atom stereocenters. The molecule has 0 spiro atoms. The predicted molar refractivity (Wildman–Crippen MR) is 62.1 cm³/mol. The Hall–Kier alpha value is -1.02. The van der Waals surface area contributed by atoms with Gasteiger partial charge in [0.2, 0.25) is 0 Å². The Labute approximate surface area is 91.9 Å². The van der Waals surface area contributed by atoms with Crippen LogP contribution in [0, 0.1) is 0 Å². The molecule has 0 aliphatic carbocycles. The first kappa shape index (κ1) is 12.1. The standard InChI is InChI=1S/C13H20O2/c1-4-12(5-2)15-13-8-6-7-11(9-13)10(3)14/h6-10,12,14H,4-5H2,1-3H3/t10-/m1/s1. The van der Waals surface area contributed by atoms with Crippen LogP contribution in [0.5, 0.6) is 5.75 Å². The molecule has 1 aromatic rings. The van der Waals surface area contributed by atoms with E-state index in [1.807, 2.05) is 24.3 Å². The van der Waals surface area contributed by atoms with Crippen LogP contribution in [0.25, 0.3) is 0 Å². The number of benzene rings is 1. The molecule has 2 nitrogen and oxygen atoms in total. The van der Waals surface area contributed by atoms with Crippen LogP contribution in [0.3, 0.4) is 0 Å². The zero-order valence-corrected chi connectivity index (χ0v) is 9.73. The zero-order valence-electron chi connectivity index (χ0n) is 9.73. The van der Waals surface area contributed by atoms with E-state index in [0.717, 1.165) is 24.2 Å². The Morgan fingerprint density at radius 2 is 1.93 bits per heavy atom. The maximum atomic E-state index is 9.44. The van der Waals surface area contributed by atoms with Crippen LogP contribution in [-0.2, 0) is 0 Å². The third-order valence-electron chi connectivity index (χ3n) is 2.55. The number of hydrogen-bond acceptors (Lipinski definition) is 2. The smallest absolute Gasteiger partial charge is 0.120 e. The maximum absolute atomic E-state index is 9.44. The van der Waals surface area contributed by atoms with Gasteiger partial charge in [0, 0.05) is 0 Å². The average molecular weight is 208 g/mol. The summed E-state index contributed by atoms with van der Waals surface area (Å²) in [5.41, 5.74) is 0.901. The van der Waals surface area contributed by atoms with Gasteiger partial charge in [0.05, 0.1) is 12.2 Å². The molecule has 0 radical (unpaired) electrons. The molecule has 2 heteroatoms. The highest BCUT2D eigenvalue weighted by Gasteiger charge is 2.06. The van der Waals surface area contributed by atoms with E-state index in [1.165, 1.54) is 0 Å². The quantitative estimate of drug-likeness (QED) is 0.804. The van der Waals surface area contributed by atoms with Crippen molar-refractivity contribution >= 4 is 0 Å². The van der Waals surface area contributed by atoms with Gasteiger partial charge in [0.25, 0.3) is 0 Å². The summed E-state index contributed by atoms with van der Waals surface area (Å²) in [6, 6.07) is 7.66. The largest absolute Gasteiger partial charge is 0.490 e. The molecule has 0 unspecified atom stereocenters. The number of rotatable bonds is 5. The van der Waals surface area contributed by atoms with Crippen LogP contribution < -0.4 is 4.74 Å². The van der Waals surface area contributed by atoms with Gasteiger partial charge < -0.3 is 9.84 Å². The van der Waals surface area contributed by atoms with Crippen LogP contribution >= 0.6 is 0 Å². The van der Waals surface area contributed by atoms with Crippen molar-refractivity contribution in [1.29, 1.82) is 0 Å². The van der Waals surface area contributed by atoms with Crippen LogP contribution in [0.15, 0.2) is 24.3 Å². The van der Waals surface area contributed by atoms with Crippen molar-refractivity contribution < 1.29 is 9.84 Å². The predicted octanol–water partition coefficient (Wildman–Crippen LogP) is 3.31. The first-order chi connectivity index (χ1) is 7.17. The van der Waals surface area contributed by atoms with E-state index in [2.05, 4.69) is 13.8 Å². The fourth-order valence-corrected chi connectivity index (χ4v) is 1.50. The highest BCUT2D eigenvalue weighted by atomic mass is 16.5. The minimum Gasteiger partial charge on any atom is -0.490 e. The van der Waals surface area contributed by atoms with Gasteiger partial charge in [-0.2, -0.15) is 0 Å². The van der Waals surface area contributed by atoms with Crippen molar-refractivity contribution in [3.63, 3.8) is 0 Å². The molecular formula is C13H20O2. The molecule has 0 heterocycles. The van der Waals surface area contributed by atoms with Crippen molar-refractivity contribution in [2.45, 2.75) is 45.8 Å². The van der Waals surface area contributed by atoms with Crippen molar-refractivity contribution in [1.82, 2.24) is 0 Å². The first-order valence-electron chi connectivity index (χ1n) is 5.62. The molecule has 0 saturated carbocycles. The van der Waals surface area contributed by atoms with Gasteiger partial charge in [-0.15, -0.1) is 0 Å². The summed E-state index contributed by atoms with van der Waals surface area (Å²) in [6.45, 7) is 6.00. The van der Waals surface area contributed by atoms with Crippen molar-refractivity contribution in [2.75, 3.05) is 0 Å². The van der Waals surface area contributed by atoms with Crippen LogP contribution in [-0.4, -0.2) is 11.2 Å². The minimum absolute atomic E-state index is 0.272. The van der Waals surface area contributed by atoms with Gasteiger partial charge in [0.1, 0.15) is 5.75 Å². The molecule has 0 aliphatic heterocycles. The van der Waals surface area contributed by atoms with Gasteiger partial charge in [-0.25, -0.2) is 0 Å². The molecule has 0 saturated heterocycles. The Morgan fingerprint density at radius 1 is 1.27 bits per heavy atom. The van der Waals surface area contributed by atoms with Crippen molar-refractivity contribution in [2.24, 2.45) is 0 Å². The van der Waals surface area contributed by atoms with Gasteiger partial charge in [-0.1, -0.05) is 26.0 Å². The number of ether oxygens (including phenoxy) is 1. The zero-order chi connectivity index (χ0) is 11.3. The van der Waals surface area contributed by atoms with Gasteiger partial charge in [-0.05, 0) is 37.5 Å². The molecule has 1 N–H and O–H groups in total. The number of aliphatic hydroxyl groups excluding tert-OH is 1. The summed E-state index contributed by atoms with van der Waals surface area (Å²) < 4.78 is 5.79. The third kappa shape index (κ3) is 3.56. The minimum atomic E-state index is -0.435. The Kier molecular flexibility index (Phi) is 4.63. The normalized spacial score (nSPS) is 12.9. The topological polar surface area (TPSA) is 29.5 Å². The summed E-state index contributed by atoms with van der Waals surface area (Å²) in [7, 11) is 0.